The van der Waals surface area contributed by atoms with Crippen LogP contribution in [-0.4, -0.2) is 59.6 Å². The van der Waals surface area contributed by atoms with Gasteiger partial charge in [0.05, 0.1) is 11.1 Å². The van der Waals surface area contributed by atoms with Gasteiger partial charge in [-0.15, -0.1) is 10.2 Å². The average Bonchev–Trinajstić information content (AvgIpc) is 3.63. The van der Waals surface area contributed by atoms with Crippen LogP contribution in [0.2, 0.25) is 0 Å². The highest BCUT2D eigenvalue weighted by Gasteiger charge is 2.37. The van der Waals surface area contributed by atoms with Gasteiger partial charge >= 0.3 is 6.18 Å². The molecule has 1 aliphatic carbocycles. The maximum atomic E-state index is 13.3. The molecule has 1 saturated heterocycles. The third-order valence-corrected chi connectivity index (χ3v) is 5.83. The highest BCUT2D eigenvalue weighted by molar-refractivity contribution is 5.96. The minimum absolute atomic E-state index is 0.165. The van der Waals surface area contributed by atoms with E-state index in [2.05, 4.69) is 15.5 Å². The van der Waals surface area contributed by atoms with Crippen LogP contribution in [0.15, 0.2) is 30.3 Å². The molecule has 2 aromatic rings. The van der Waals surface area contributed by atoms with E-state index in [1.165, 1.54) is 17.7 Å². The first-order chi connectivity index (χ1) is 15.7. The van der Waals surface area contributed by atoms with E-state index >= 15 is 0 Å². The number of benzene rings is 1. The quantitative estimate of drug-likeness (QED) is 0.664. The Morgan fingerprint density at radius 3 is 2.36 bits per heavy atom. The Morgan fingerprint density at radius 1 is 1.03 bits per heavy atom. The summed E-state index contributed by atoms with van der Waals surface area (Å²) in [6, 6.07) is 5.27. The molecule has 1 N–H and O–H groups in total. The Hall–Kier alpha value is -3.24. The number of piperazine rings is 1. The van der Waals surface area contributed by atoms with E-state index < -0.39 is 29.0 Å². The molecule has 1 saturated carbocycles. The van der Waals surface area contributed by atoms with Gasteiger partial charge in [-0.2, -0.15) is 13.2 Å². The lowest BCUT2D eigenvalue weighted by molar-refractivity contribution is -0.138. The summed E-state index contributed by atoms with van der Waals surface area (Å²) in [5.74, 6) is -0.916. The van der Waals surface area contributed by atoms with Crippen molar-refractivity contribution in [3.8, 4) is 0 Å². The molecule has 1 aliphatic heterocycles. The van der Waals surface area contributed by atoms with Gasteiger partial charge in [-0.25, -0.2) is 4.39 Å². The number of alkyl halides is 3. The smallest absolute Gasteiger partial charge is 0.352 e. The zero-order valence-electron chi connectivity index (χ0n) is 17.7. The van der Waals surface area contributed by atoms with E-state index in [4.69, 9.17) is 0 Å². The Kier molecular flexibility index (Phi) is 6.48. The van der Waals surface area contributed by atoms with Crippen LogP contribution in [0.3, 0.4) is 0 Å². The molecule has 1 aromatic carbocycles. The summed E-state index contributed by atoms with van der Waals surface area (Å²) in [4.78, 5) is 28.0. The highest BCUT2D eigenvalue weighted by atomic mass is 19.4. The van der Waals surface area contributed by atoms with E-state index in [1.807, 2.05) is 4.90 Å². The van der Waals surface area contributed by atoms with Gasteiger partial charge in [-0.1, -0.05) is 12.8 Å². The minimum Gasteiger partial charge on any atom is -0.352 e. The van der Waals surface area contributed by atoms with Gasteiger partial charge in [-0.3, -0.25) is 9.59 Å². The van der Waals surface area contributed by atoms with Crippen LogP contribution in [0.25, 0.3) is 0 Å². The fourth-order valence-corrected chi connectivity index (χ4v) is 3.75. The van der Waals surface area contributed by atoms with Crippen molar-refractivity contribution in [3.05, 3.63) is 53.0 Å². The van der Waals surface area contributed by atoms with Crippen molar-refractivity contribution in [2.75, 3.05) is 37.6 Å². The van der Waals surface area contributed by atoms with Gasteiger partial charge < -0.3 is 15.1 Å². The van der Waals surface area contributed by atoms with Crippen molar-refractivity contribution >= 4 is 17.6 Å². The van der Waals surface area contributed by atoms with Gasteiger partial charge in [0.25, 0.3) is 11.8 Å². The molecule has 2 aliphatic rings. The van der Waals surface area contributed by atoms with Crippen LogP contribution in [0, 0.1) is 11.7 Å². The maximum absolute atomic E-state index is 13.3. The first-order valence-corrected chi connectivity index (χ1v) is 10.8. The fourth-order valence-electron chi connectivity index (χ4n) is 3.75. The first kappa shape index (κ1) is 22.9. The second kappa shape index (κ2) is 9.32. The van der Waals surface area contributed by atoms with Crippen molar-refractivity contribution in [1.29, 1.82) is 0 Å². The van der Waals surface area contributed by atoms with E-state index in [0.29, 0.717) is 37.4 Å². The van der Waals surface area contributed by atoms with Crippen molar-refractivity contribution in [2.45, 2.75) is 25.4 Å². The largest absolute Gasteiger partial charge is 0.417 e. The van der Waals surface area contributed by atoms with Crippen molar-refractivity contribution in [3.63, 3.8) is 0 Å². The number of carbonyl (C=O) groups excluding carboxylic acids is 2. The van der Waals surface area contributed by atoms with Crippen LogP contribution >= 0.6 is 0 Å². The minimum atomic E-state index is -4.84. The average molecular weight is 465 g/mol. The number of halogens is 4. The normalized spacial score (nSPS) is 16.6. The predicted octanol–water partition coefficient (Wildman–Crippen LogP) is 3.13. The monoisotopic (exact) mass is 465 g/mol. The van der Waals surface area contributed by atoms with E-state index in [1.54, 1.807) is 12.1 Å². The molecular weight excluding hydrogens is 442 g/mol. The van der Waals surface area contributed by atoms with Gasteiger partial charge in [0, 0.05) is 32.7 Å². The number of nitrogens with zero attached hydrogens (tertiary/aromatic N) is 4. The molecule has 1 aromatic heterocycles. The number of carbonyl (C=O) groups is 2. The Bertz CT molecular complexity index is 1020. The number of aromatic nitrogens is 2. The third-order valence-electron chi connectivity index (χ3n) is 5.83. The zero-order valence-corrected chi connectivity index (χ0v) is 17.7. The summed E-state index contributed by atoms with van der Waals surface area (Å²) in [6.45, 7) is 1.59. The third kappa shape index (κ3) is 5.58. The first-order valence-electron chi connectivity index (χ1n) is 10.8. The van der Waals surface area contributed by atoms with Crippen LogP contribution in [-0.2, 0) is 6.18 Å². The summed E-state index contributed by atoms with van der Waals surface area (Å²) >= 11 is 0. The molecular formula is C22H23F4N5O2. The van der Waals surface area contributed by atoms with Gasteiger partial charge in [0.2, 0.25) is 0 Å². The maximum Gasteiger partial charge on any atom is 0.417 e. The van der Waals surface area contributed by atoms with Crippen LogP contribution in [0.4, 0.5) is 23.4 Å². The molecule has 0 bridgehead atoms. The Morgan fingerprint density at radius 2 is 1.76 bits per heavy atom. The topological polar surface area (TPSA) is 78.4 Å². The molecule has 0 atom stereocenters. The SMILES string of the molecule is O=C(NCCC1CC1)c1ccc(N2CCN(C(=O)c3ccc(F)cc3C(F)(F)F)CC2)nn1. The summed E-state index contributed by atoms with van der Waals surface area (Å²) in [5.41, 5.74) is -1.65. The van der Waals surface area contributed by atoms with Crippen LogP contribution in [0.5, 0.6) is 0 Å². The predicted molar refractivity (Wildman–Crippen MR) is 111 cm³/mol. The van der Waals surface area contributed by atoms with E-state index in [0.717, 1.165) is 18.6 Å². The van der Waals surface area contributed by atoms with Gasteiger partial charge in [0.1, 0.15) is 5.82 Å². The lowest BCUT2D eigenvalue weighted by Crippen LogP contribution is -2.49. The van der Waals surface area contributed by atoms with Gasteiger partial charge in [-0.05, 0) is 42.7 Å². The number of hydrogen-bond donors (Lipinski definition) is 1. The summed E-state index contributed by atoms with van der Waals surface area (Å²) < 4.78 is 53.1. The lowest BCUT2D eigenvalue weighted by Gasteiger charge is -2.35. The molecule has 2 amide bonds. The molecule has 4 rings (SSSR count). The van der Waals surface area contributed by atoms with E-state index in [-0.39, 0.29) is 24.7 Å². The molecule has 2 heterocycles. The highest BCUT2D eigenvalue weighted by Crippen LogP contribution is 2.33. The van der Waals surface area contributed by atoms with Crippen molar-refractivity contribution in [2.24, 2.45) is 5.92 Å². The number of anilines is 1. The lowest BCUT2D eigenvalue weighted by atomic mass is 10.0. The number of amides is 2. The van der Waals surface area contributed by atoms with Crippen LogP contribution in [0.1, 0.15) is 45.7 Å². The molecule has 176 valence electrons. The molecule has 2 fully saturated rings. The van der Waals surface area contributed by atoms with Crippen molar-refractivity contribution < 1.29 is 27.2 Å². The second-order valence-electron chi connectivity index (χ2n) is 8.23. The Labute approximate surface area is 187 Å². The summed E-state index contributed by atoms with van der Waals surface area (Å²) in [7, 11) is 0. The standard InChI is InChI=1S/C22H23F4N5O2/c23-15-3-4-16(17(13-15)22(24,25)26)21(33)31-11-9-30(10-12-31)19-6-5-18(28-29-19)20(32)27-8-7-14-1-2-14/h3-6,13-14H,1-2,7-12H2,(H,27,32). The summed E-state index contributed by atoms with van der Waals surface area (Å²) in [5, 5.41) is 10.9. The zero-order chi connectivity index (χ0) is 23.6. The number of hydrogen-bond acceptors (Lipinski definition) is 5. The molecule has 7 nitrogen and oxygen atoms in total. The van der Waals surface area contributed by atoms with Crippen molar-refractivity contribution in [1.82, 2.24) is 20.4 Å². The second-order valence-corrected chi connectivity index (χ2v) is 8.23. The van der Waals surface area contributed by atoms with Crippen LogP contribution < -0.4 is 10.2 Å². The molecule has 33 heavy (non-hydrogen) atoms. The number of rotatable bonds is 6. The molecule has 0 unspecified atom stereocenters. The molecule has 0 spiro atoms. The molecule has 11 heteroatoms. The Balaban J connectivity index is 1.34. The number of nitrogens with one attached hydrogen (secondary N) is 1. The fraction of sp³-hybridized carbons (Fsp3) is 0.455. The van der Waals surface area contributed by atoms with Gasteiger partial charge in [0.15, 0.2) is 11.5 Å². The molecule has 0 radical (unpaired) electrons. The summed E-state index contributed by atoms with van der Waals surface area (Å²) in [6.07, 6.45) is -1.44. The van der Waals surface area contributed by atoms with E-state index in [9.17, 15) is 27.2 Å².